The Hall–Kier alpha value is -2.55. The molecule has 1 aromatic heterocycles. The summed E-state index contributed by atoms with van der Waals surface area (Å²) in [7, 11) is 0. The van der Waals surface area contributed by atoms with Crippen LogP contribution in [0.2, 0.25) is 0 Å². The van der Waals surface area contributed by atoms with Crippen LogP contribution in [0.15, 0.2) is 90.2 Å². The van der Waals surface area contributed by atoms with Crippen molar-refractivity contribution in [2.75, 3.05) is 0 Å². The van der Waals surface area contributed by atoms with Crippen LogP contribution in [-0.4, -0.2) is 22.1 Å². The summed E-state index contributed by atoms with van der Waals surface area (Å²) in [6.45, 7) is 1.99. The van der Waals surface area contributed by atoms with Gasteiger partial charge in [-0.3, -0.25) is 5.43 Å². The number of aromatic hydroxyl groups is 1. The van der Waals surface area contributed by atoms with Crippen molar-refractivity contribution in [1.29, 1.82) is 0 Å². The third-order valence-electron chi connectivity index (χ3n) is 4.65. The molecule has 32 heavy (non-hydrogen) atoms. The number of phenolic OH excluding ortho intramolecular Hbond substituents is 1. The molecule has 4 aromatic rings. The average Bonchev–Trinajstić information content (AvgIpc) is 2.77. The molecule has 0 radical (unpaired) electrons. The van der Waals surface area contributed by atoms with E-state index in [9.17, 15) is 5.11 Å². The number of benzene rings is 3. The van der Waals surface area contributed by atoms with Crippen LogP contribution in [0.4, 0.5) is 5.69 Å². The highest BCUT2D eigenvalue weighted by atomic mass is 79.9. The maximum Gasteiger partial charge on any atom is 0.173 e. The standard InChI is InChI=1S/C24H17Br3N4O/c1-14-10-18(26)12-19(27)23(14)30-24(21-8-6-15-4-2-3-5-20(15)29-21)31-28-13-16-11-17(25)7-9-22(16)32/h2-13,32H,1H3,(H,30,31). The summed E-state index contributed by atoms with van der Waals surface area (Å²) in [5.74, 6) is 0.611. The Bertz CT molecular complexity index is 1350. The van der Waals surface area contributed by atoms with Crippen molar-refractivity contribution in [3.05, 3.63) is 97.0 Å². The summed E-state index contributed by atoms with van der Waals surface area (Å²) >= 11 is 10.5. The van der Waals surface area contributed by atoms with Gasteiger partial charge in [0.25, 0.3) is 0 Å². The van der Waals surface area contributed by atoms with E-state index in [1.807, 2.05) is 55.5 Å². The Morgan fingerprint density at radius 1 is 0.969 bits per heavy atom. The lowest BCUT2D eigenvalue weighted by atomic mass is 10.2. The van der Waals surface area contributed by atoms with E-state index in [1.54, 1.807) is 24.4 Å². The summed E-state index contributed by atoms with van der Waals surface area (Å²) < 4.78 is 2.65. The minimum absolute atomic E-state index is 0.132. The summed E-state index contributed by atoms with van der Waals surface area (Å²) in [6.07, 6.45) is 1.54. The Morgan fingerprint density at radius 3 is 2.59 bits per heavy atom. The van der Waals surface area contributed by atoms with Crippen molar-refractivity contribution in [2.24, 2.45) is 10.1 Å². The van der Waals surface area contributed by atoms with E-state index in [0.717, 1.165) is 35.6 Å². The largest absolute Gasteiger partial charge is 0.507 e. The van der Waals surface area contributed by atoms with Crippen LogP contribution in [0.5, 0.6) is 5.75 Å². The number of hydrazone groups is 1. The van der Waals surface area contributed by atoms with Crippen LogP contribution in [0.1, 0.15) is 16.8 Å². The van der Waals surface area contributed by atoms with Gasteiger partial charge in [-0.05, 0) is 70.9 Å². The summed E-state index contributed by atoms with van der Waals surface area (Å²) in [5.41, 5.74) is 6.84. The molecular weight excluding hydrogens is 600 g/mol. The maximum atomic E-state index is 10.1. The predicted molar refractivity (Wildman–Crippen MR) is 141 cm³/mol. The van der Waals surface area contributed by atoms with Gasteiger partial charge in [0.05, 0.1) is 17.4 Å². The van der Waals surface area contributed by atoms with E-state index >= 15 is 0 Å². The molecule has 8 heteroatoms. The van der Waals surface area contributed by atoms with Gasteiger partial charge in [0.2, 0.25) is 0 Å². The van der Waals surface area contributed by atoms with E-state index in [4.69, 9.17) is 9.98 Å². The van der Waals surface area contributed by atoms with E-state index in [-0.39, 0.29) is 5.75 Å². The van der Waals surface area contributed by atoms with Crippen molar-refractivity contribution >= 4 is 76.4 Å². The smallest absolute Gasteiger partial charge is 0.173 e. The lowest BCUT2D eigenvalue weighted by Crippen LogP contribution is -2.20. The molecule has 0 spiro atoms. The number of para-hydroxylation sites is 1. The molecule has 1 heterocycles. The first kappa shape index (κ1) is 22.6. The first-order chi connectivity index (χ1) is 15.4. The number of fused-ring (bicyclic) bond motifs is 1. The molecule has 0 aliphatic heterocycles. The van der Waals surface area contributed by atoms with Crippen LogP contribution in [0.25, 0.3) is 10.9 Å². The van der Waals surface area contributed by atoms with Gasteiger partial charge in [-0.25, -0.2) is 9.98 Å². The van der Waals surface area contributed by atoms with E-state index in [2.05, 4.69) is 58.3 Å². The molecule has 0 bridgehead atoms. The molecule has 0 aliphatic rings. The van der Waals surface area contributed by atoms with Gasteiger partial charge in [-0.2, -0.15) is 5.10 Å². The molecule has 0 fully saturated rings. The van der Waals surface area contributed by atoms with Crippen LogP contribution in [0.3, 0.4) is 0 Å². The Labute approximate surface area is 210 Å². The first-order valence-corrected chi connectivity index (χ1v) is 12.0. The van der Waals surface area contributed by atoms with Crippen LogP contribution in [0, 0.1) is 6.92 Å². The number of hydrogen-bond acceptors (Lipinski definition) is 4. The fraction of sp³-hybridized carbons (Fsp3) is 0.0417. The van der Waals surface area contributed by atoms with Gasteiger partial charge in [0.1, 0.15) is 11.4 Å². The second-order valence-corrected chi connectivity index (χ2v) is 9.66. The van der Waals surface area contributed by atoms with Gasteiger partial charge >= 0.3 is 0 Å². The number of halogens is 3. The third kappa shape index (κ3) is 5.26. The van der Waals surface area contributed by atoms with E-state index in [0.29, 0.717) is 17.1 Å². The second-order valence-electron chi connectivity index (χ2n) is 6.98. The normalized spacial score (nSPS) is 11.9. The zero-order valence-corrected chi connectivity index (χ0v) is 21.6. The highest BCUT2D eigenvalue weighted by molar-refractivity contribution is 9.11. The van der Waals surface area contributed by atoms with Crippen molar-refractivity contribution < 1.29 is 5.11 Å². The highest BCUT2D eigenvalue weighted by Crippen LogP contribution is 2.33. The number of pyridine rings is 1. The molecular formula is C24H17Br3N4O. The molecule has 0 saturated heterocycles. The van der Waals surface area contributed by atoms with Gasteiger partial charge < -0.3 is 5.11 Å². The van der Waals surface area contributed by atoms with Gasteiger partial charge in [0, 0.05) is 24.4 Å². The van der Waals surface area contributed by atoms with Crippen LogP contribution in [-0.2, 0) is 0 Å². The lowest BCUT2D eigenvalue weighted by molar-refractivity contribution is 0.474. The monoisotopic (exact) mass is 614 g/mol. The summed E-state index contributed by atoms with van der Waals surface area (Å²) in [5, 5.41) is 15.4. The van der Waals surface area contributed by atoms with Crippen molar-refractivity contribution in [3.63, 3.8) is 0 Å². The highest BCUT2D eigenvalue weighted by Gasteiger charge is 2.11. The quantitative estimate of drug-likeness (QED) is 0.144. The Morgan fingerprint density at radius 2 is 1.78 bits per heavy atom. The third-order valence-corrected chi connectivity index (χ3v) is 6.20. The second kappa shape index (κ2) is 9.94. The zero-order chi connectivity index (χ0) is 22.7. The number of aromatic nitrogens is 1. The molecule has 0 amide bonds. The van der Waals surface area contributed by atoms with E-state index < -0.39 is 0 Å². The first-order valence-electron chi connectivity index (χ1n) is 9.59. The number of rotatable bonds is 4. The van der Waals surface area contributed by atoms with E-state index in [1.165, 1.54) is 0 Å². The number of amidine groups is 1. The van der Waals surface area contributed by atoms with Crippen molar-refractivity contribution in [2.45, 2.75) is 6.92 Å². The van der Waals surface area contributed by atoms with Crippen LogP contribution >= 0.6 is 47.8 Å². The molecule has 160 valence electrons. The number of phenols is 1. The fourth-order valence-electron chi connectivity index (χ4n) is 3.08. The summed E-state index contributed by atoms with van der Waals surface area (Å²) in [6, 6.07) is 20.9. The number of aliphatic imine (C=N–C) groups is 1. The average molecular weight is 617 g/mol. The minimum atomic E-state index is 0.132. The molecule has 3 aromatic carbocycles. The van der Waals surface area contributed by atoms with Crippen molar-refractivity contribution in [1.82, 2.24) is 10.4 Å². The predicted octanol–water partition coefficient (Wildman–Crippen LogP) is 7.24. The Balaban J connectivity index is 1.77. The SMILES string of the molecule is Cc1cc(Br)cc(Br)c1N=C(NN=Cc1cc(Br)ccc1O)c1ccc2ccccc2n1. The topological polar surface area (TPSA) is 69.9 Å². The van der Waals surface area contributed by atoms with Gasteiger partial charge in [0.15, 0.2) is 5.84 Å². The molecule has 0 aliphatic carbocycles. The number of nitrogens with zero attached hydrogens (tertiary/aromatic N) is 3. The lowest BCUT2D eigenvalue weighted by Gasteiger charge is -2.10. The molecule has 5 nitrogen and oxygen atoms in total. The maximum absolute atomic E-state index is 10.1. The number of hydrogen-bond donors (Lipinski definition) is 2. The zero-order valence-electron chi connectivity index (χ0n) is 16.9. The fourth-order valence-corrected chi connectivity index (χ4v) is 4.98. The molecule has 4 rings (SSSR count). The molecule has 2 N–H and O–H groups in total. The molecule has 0 unspecified atom stereocenters. The van der Waals surface area contributed by atoms with Crippen molar-refractivity contribution in [3.8, 4) is 5.75 Å². The van der Waals surface area contributed by atoms with Gasteiger partial charge in [-0.1, -0.05) is 56.1 Å². The minimum Gasteiger partial charge on any atom is -0.507 e. The number of nitrogens with one attached hydrogen (secondary N) is 1. The Kier molecular flexibility index (Phi) is 7.03. The number of aryl methyl sites for hydroxylation is 1. The van der Waals surface area contributed by atoms with Crippen LogP contribution < -0.4 is 5.43 Å². The summed E-state index contributed by atoms with van der Waals surface area (Å²) in [4.78, 5) is 9.59. The van der Waals surface area contributed by atoms with Gasteiger partial charge in [-0.15, -0.1) is 0 Å². The molecule has 0 saturated carbocycles. The molecule has 0 atom stereocenters.